The lowest BCUT2D eigenvalue weighted by atomic mass is 9.44. The van der Waals surface area contributed by atoms with E-state index in [2.05, 4.69) is 25.8 Å². The highest BCUT2D eigenvalue weighted by Crippen LogP contribution is 2.67. The third-order valence-electron chi connectivity index (χ3n) is 9.50. The monoisotopic (exact) mass is 331 g/mol. The molecule has 1 N–H and O–H groups in total. The first-order valence-corrected chi connectivity index (χ1v) is 10.5. The van der Waals surface area contributed by atoms with Crippen molar-refractivity contribution in [1.29, 1.82) is 0 Å². The van der Waals surface area contributed by atoms with Gasteiger partial charge in [-0.2, -0.15) is 0 Å². The Morgan fingerprint density at radius 2 is 1.62 bits per heavy atom. The highest BCUT2D eigenvalue weighted by molar-refractivity contribution is 5.85. The maximum atomic E-state index is 10.2. The molecule has 24 heavy (non-hydrogen) atoms. The van der Waals surface area contributed by atoms with E-state index < -0.39 is 0 Å². The Morgan fingerprint density at radius 1 is 0.917 bits per heavy atom. The quantitative estimate of drug-likeness (QED) is 0.666. The van der Waals surface area contributed by atoms with Crippen molar-refractivity contribution >= 4 is 5.71 Å². The van der Waals surface area contributed by atoms with Crippen LogP contribution in [0.2, 0.25) is 0 Å². The lowest BCUT2D eigenvalue weighted by Crippen LogP contribution is -2.54. The molecule has 4 aliphatic rings. The molecule has 4 fully saturated rings. The van der Waals surface area contributed by atoms with Crippen LogP contribution in [0.5, 0.6) is 0 Å². The summed E-state index contributed by atoms with van der Waals surface area (Å²) in [6.45, 7) is 7.46. The second-order valence-electron chi connectivity index (χ2n) is 10.1. The molecule has 0 aliphatic heterocycles. The van der Waals surface area contributed by atoms with Crippen molar-refractivity contribution in [1.82, 2.24) is 0 Å². The fourth-order valence-corrected chi connectivity index (χ4v) is 8.08. The van der Waals surface area contributed by atoms with Crippen molar-refractivity contribution < 1.29 is 5.11 Å². The van der Waals surface area contributed by atoms with Gasteiger partial charge in [0.25, 0.3) is 0 Å². The van der Waals surface area contributed by atoms with E-state index in [0.717, 1.165) is 42.4 Å². The van der Waals surface area contributed by atoms with Crippen molar-refractivity contribution in [2.24, 2.45) is 45.4 Å². The van der Waals surface area contributed by atoms with E-state index in [1.165, 1.54) is 50.7 Å². The Bertz CT molecular complexity index is 528. The van der Waals surface area contributed by atoms with Crippen LogP contribution < -0.4 is 0 Å². The molecule has 4 saturated carbocycles. The number of aliphatic hydroxyl groups excluding tert-OH is 1. The number of nitrogens with zero attached hydrogens (tertiary/aromatic N) is 1. The molecule has 4 aliphatic carbocycles. The molecule has 0 aromatic heterocycles. The predicted octanol–water partition coefficient (Wildman–Crippen LogP) is 5.10. The lowest BCUT2D eigenvalue weighted by molar-refractivity contribution is -0.123. The summed E-state index contributed by atoms with van der Waals surface area (Å²) in [4.78, 5) is 4.59. The number of aliphatic imine (C=N–C) groups is 1. The molecule has 4 rings (SSSR count). The van der Waals surface area contributed by atoms with Crippen LogP contribution in [-0.2, 0) is 0 Å². The second-order valence-corrected chi connectivity index (χ2v) is 10.1. The maximum absolute atomic E-state index is 10.2. The molecule has 8 atom stereocenters. The summed E-state index contributed by atoms with van der Waals surface area (Å²) in [7, 11) is 1.98. The zero-order valence-corrected chi connectivity index (χ0v) is 16.2. The normalized spacial score (nSPS) is 54.8. The molecule has 2 heteroatoms. The largest absolute Gasteiger partial charge is 0.393 e. The van der Waals surface area contributed by atoms with Gasteiger partial charge in [0.15, 0.2) is 0 Å². The summed E-state index contributed by atoms with van der Waals surface area (Å²) in [5, 5.41) is 10.2. The van der Waals surface area contributed by atoms with Crippen molar-refractivity contribution in [3.63, 3.8) is 0 Å². The SMILES string of the molecule is C/N=C(\C)[C@H]1CC[C@H]2[C@@H]3CC[C@H]4C[C@H](O)CC[C@]4(C)[C@H]3CC[C@]12C. The molecular formula is C22H37NO. The van der Waals surface area contributed by atoms with Gasteiger partial charge in [-0.1, -0.05) is 13.8 Å². The fourth-order valence-electron chi connectivity index (χ4n) is 8.08. The van der Waals surface area contributed by atoms with E-state index in [1.54, 1.807) is 0 Å². The summed E-state index contributed by atoms with van der Waals surface area (Å²) in [6.07, 6.45) is 11.8. The third kappa shape index (κ3) is 2.27. The van der Waals surface area contributed by atoms with Crippen molar-refractivity contribution in [3.8, 4) is 0 Å². The summed E-state index contributed by atoms with van der Waals surface area (Å²) in [6, 6.07) is 0. The zero-order valence-electron chi connectivity index (χ0n) is 16.2. The highest BCUT2D eigenvalue weighted by Gasteiger charge is 2.60. The second kappa shape index (κ2) is 5.83. The van der Waals surface area contributed by atoms with Gasteiger partial charge >= 0.3 is 0 Å². The van der Waals surface area contributed by atoms with Gasteiger partial charge in [0, 0.05) is 18.7 Å². The smallest absolute Gasteiger partial charge is 0.0543 e. The Hall–Kier alpha value is -0.370. The maximum Gasteiger partial charge on any atom is 0.0543 e. The number of rotatable bonds is 1. The zero-order chi connectivity index (χ0) is 17.1. The van der Waals surface area contributed by atoms with Gasteiger partial charge in [-0.05, 0) is 99.2 Å². The molecule has 0 heterocycles. The molecule has 0 spiro atoms. The molecule has 0 saturated heterocycles. The van der Waals surface area contributed by atoms with Gasteiger partial charge in [0.05, 0.1) is 6.10 Å². The van der Waals surface area contributed by atoms with Gasteiger partial charge in [0.2, 0.25) is 0 Å². The van der Waals surface area contributed by atoms with E-state index in [-0.39, 0.29) is 6.10 Å². The van der Waals surface area contributed by atoms with E-state index in [0.29, 0.717) is 10.8 Å². The first-order chi connectivity index (χ1) is 11.4. The molecule has 0 radical (unpaired) electrons. The minimum Gasteiger partial charge on any atom is -0.393 e. The van der Waals surface area contributed by atoms with Crippen LogP contribution in [-0.4, -0.2) is 24.0 Å². The number of hydrogen-bond donors (Lipinski definition) is 1. The molecule has 0 aromatic rings. The Kier molecular flexibility index (Phi) is 4.14. The molecule has 0 aromatic carbocycles. The fraction of sp³-hybridized carbons (Fsp3) is 0.955. The van der Waals surface area contributed by atoms with Gasteiger partial charge in [-0.15, -0.1) is 0 Å². The summed E-state index contributed by atoms with van der Waals surface area (Å²) in [5.74, 6) is 4.28. The van der Waals surface area contributed by atoms with Gasteiger partial charge < -0.3 is 5.11 Å². The Morgan fingerprint density at radius 3 is 2.38 bits per heavy atom. The van der Waals surface area contributed by atoms with E-state index in [9.17, 15) is 5.11 Å². The van der Waals surface area contributed by atoms with Crippen molar-refractivity contribution in [3.05, 3.63) is 0 Å². The third-order valence-corrected chi connectivity index (χ3v) is 9.50. The Labute approximate surface area is 148 Å². The van der Waals surface area contributed by atoms with Gasteiger partial charge in [-0.3, -0.25) is 4.99 Å². The van der Waals surface area contributed by atoms with Crippen LogP contribution >= 0.6 is 0 Å². The first-order valence-electron chi connectivity index (χ1n) is 10.5. The number of aliphatic hydroxyl groups is 1. The molecule has 0 amide bonds. The van der Waals surface area contributed by atoms with Crippen LogP contribution in [0.1, 0.15) is 78.6 Å². The highest BCUT2D eigenvalue weighted by atomic mass is 16.3. The predicted molar refractivity (Wildman–Crippen MR) is 100 cm³/mol. The van der Waals surface area contributed by atoms with Crippen LogP contribution in [0, 0.1) is 40.4 Å². The Balaban J connectivity index is 1.61. The van der Waals surface area contributed by atoms with Gasteiger partial charge in [0.1, 0.15) is 0 Å². The summed E-state index contributed by atoms with van der Waals surface area (Å²) in [5.41, 5.74) is 2.41. The lowest BCUT2D eigenvalue weighted by Gasteiger charge is -2.61. The summed E-state index contributed by atoms with van der Waals surface area (Å²) < 4.78 is 0. The van der Waals surface area contributed by atoms with Crippen LogP contribution in [0.25, 0.3) is 0 Å². The van der Waals surface area contributed by atoms with E-state index >= 15 is 0 Å². The minimum atomic E-state index is -0.0206. The van der Waals surface area contributed by atoms with E-state index in [4.69, 9.17) is 0 Å². The molecule has 2 nitrogen and oxygen atoms in total. The molecule has 0 unspecified atom stereocenters. The van der Waals surface area contributed by atoms with Crippen molar-refractivity contribution in [2.45, 2.75) is 84.7 Å². The average molecular weight is 332 g/mol. The average Bonchev–Trinajstić information content (AvgIpc) is 2.92. The van der Waals surface area contributed by atoms with Crippen LogP contribution in [0.4, 0.5) is 0 Å². The van der Waals surface area contributed by atoms with Gasteiger partial charge in [-0.25, -0.2) is 0 Å². The molecule has 0 bridgehead atoms. The van der Waals surface area contributed by atoms with E-state index in [1.807, 2.05) is 7.05 Å². The topological polar surface area (TPSA) is 32.6 Å². The number of fused-ring (bicyclic) bond motifs is 5. The molecule has 136 valence electrons. The van der Waals surface area contributed by atoms with Crippen molar-refractivity contribution in [2.75, 3.05) is 7.05 Å². The minimum absolute atomic E-state index is 0.0206. The van der Waals surface area contributed by atoms with Crippen LogP contribution in [0.3, 0.4) is 0 Å². The number of hydrogen-bond acceptors (Lipinski definition) is 2. The molecular weight excluding hydrogens is 294 g/mol. The standard InChI is InChI=1S/C22H37NO/c1-14(23-4)18-7-8-19-17-6-5-15-13-16(24)9-11-21(15,2)20(17)10-12-22(18,19)3/h15-20,24H,5-13H2,1-4H3/b23-14+/t15-,16+,17-,18+,19-,20-,21-,22+/m0/s1. The first kappa shape index (κ1) is 17.1. The van der Waals surface area contributed by atoms with Crippen LogP contribution in [0.15, 0.2) is 4.99 Å². The summed E-state index contributed by atoms with van der Waals surface area (Å²) >= 11 is 0.